The number of nitrogens with one attached hydrogen (secondary N) is 1. The van der Waals surface area contributed by atoms with Crippen molar-refractivity contribution in [2.24, 2.45) is 5.92 Å². The molecule has 0 aromatic rings. The summed E-state index contributed by atoms with van der Waals surface area (Å²) >= 11 is 0. The van der Waals surface area contributed by atoms with Crippen LogP contribution in [0.15, 0.2) is 12.7 Å². The van der Waals surface area contributed by atoms with Crippen molar-refractivity contribution in [3.8, 4) is 0 Å². The number of carbonyl (C=O) groups excluding carboxylic acids is 1. The van der Waals surface area contributed by atoms with Crippen LogP contribution in [0.25, 0.3) is 0 Å². The van der Waals surface area contributed by atoms with Crippen LogP contribution in [0.5, 0.6) is 0 Å². The van der Waals surface area contributed by atoms with E-state index in [4.69, 9.17) is 9.84 Å². The van der Waals surface area contributed by atoms with Crippen molar-refractivity contribution in [3.05, 3.63) is 12.7 Å². The highest BCUT2D eigenvalue weighted by molar-refractivity contribution is 5.88. The molecule has 0 spiro atoms. The molecule has 5 heteroatoms. The van der Waals surface area contributed by atoms with Crippen LogP contribution in [-0.2, 0) is 9.53 Å². The molecule has 16 heavy (non-hydrogen) atoms. The minimum absolute atomic E-state index is 0.205. The van der Waals surface area contributed by atoms with Crippen LogP contribution in [0.2, 0.25) is 0 Å². The number of aliphatic carboxylic acids is 1. The molecule has 0 heterocycles. The smallest absolute Gasteiger partial charge is 0.408 e. The zero-order chi connectivity index (χ0) is 12.2. The second-order valence-electron chi connectivity index (χ2n) is 3.94. The lowest BCUT2D eigenvalue weighted by atomic mass is 10.2. The maximum atomic E-state index is 11.3. The number of alkyl carbamates (subject to hydrolysis) is 1. The first-order valence-corrected chi connectivity index (χ1v) is 5.37. The van der Waals surface area contributed by atoms with E-state index in [9.17, 15) is 9.59 Å². The van der Waals surface area contributed by atoms with Crippen LogP contribution >= 0.6 is 0 Å². The van der Waals surface area contributed by atoms with Crippen LogP contribution in [-0.4, -0.2) is 29.3 Å². The van der Waals surface area contributed by atoms with E-state index in [2.05, 4.69) is 11.9 Å². The molecule has 1 rings (SSSR count). The van der Waals surface area contributed by atoms with E-state index in [0.717, 1.165) is 12.8 Å². The van der Waals surface area contributed by atoms with Gasteiger partial charge in [0.1, 0.15) is 5.54 Å². The van der Waals surface area contributed by atoms with Gasteiger partial charge in [-0.3, -0.25) is 0 Å². The lowest BCUT2D eigenvalue weighted by molar-refractivity contribution is -0.140. The number of carboxylic acids is 1. The zero-order valence-electron chi connectivity index (χ0n) is 9.36. The van der Waals surface area contributed by atoms with E-state index in [0.29, 0.717) is 13.0 Å². The summed E-state index contributed by atoms with van der Waals surface area (Å²) in [5.74, 6) is -1.24. The summed E-state index contributed by atoms with van der Waals surface area (Å²) in [5, 5.41) is 11.4. The van der Waals surface area contributed by atoms with Crippen LogP contribution in [0.3, 0.4) is 0 Å². The summed E-state index contributed by atoms with van der Waals surface area (Å²) in [6.45, 7) is 5.82. The molecule has 90 valence electrons. The Morgan fingerprint density at radius 3 is 2.81 bits per heavy atom. The van der Waals surface area contributed by atoms with Gasteiger partial charge in [-0.2, -0.15) is 0 Å². The molecule has 1 aliphatic carbocycles. The maximum Gasteiger partial charge on any atom is 0.408 e. The van der Waals surface area contributed by atoms with Crippen LogP contribution in [0.4, 0.5) is 4.79 Å². The first kappa shape index (κ1) is 12.5. The van der Waals surface area contributed by atoms with Crippen molar-refractivity contribution in [2.75, 3.05) is 6.61 Å². The maximum absolute atomic E-state index is 11.3. The SMILES string of the molecule is C=C[C@@H]1C[C@]1(NC(=O)OCCCC)C(=O)O. The van der Waals surface area contributed by atoms with Gasteiger partial charge in [0.15, 0.2) is 0 Å². The Hall–Kier alpha value is -1.52. The third-order valence-corrected chi connectivity index (χ3v) is 2.74. The number of hydrogen-bond acceptors (Lipinski definition) is 3. The summed E-state index contributed by atoms with van der Waals surface area (Å²) in [4.78, 5) is 22.3. The summed E-state index contributed by atoms with van der Waals surface area (Å²) in [6, 6.07) is 0. The van der Waals surface area contributed by atoms with Crippen LogP contribution < -0.4 is 5.32 Å². The molecule has 1 amide bonds. The van der Waals surface area contributed by atoms with Gasteiger partial charge in [0.25, 0.3) is 0 Å². The molecule has 0 radical (unpaired) electrons. The summed E-state index contributed by atoms with van der Waals surface area (Å²) in [5.41, 5.74) is -1.19. The van der Waals surface area contributed by atoms with Gasteiger partial charge in [-0.1, -0.05) is 19.4 Å². The molecular weight excluding hydrogens is 210 g/mol. The molecule has 5 nitrogen and oxygen atoms in total. The molecule has 2 N–H and O–H groups in total. The Balaban J connectivity index is 2.43. The molecule has 0 unspecified atom stereocenters. The van der Waals surface area contributed by atoms with Crippen molar-refractivity contribution >= 4 is 12.1 Å². The Morgan fingerprint density at radius 2 is 2.38 bits per heavy atom. The van der Waals surface area contributed by atoms with Crippen molar-refractivity contribution < 1.29 is 19.4 Å². The van der Waals surface area contributed by atoms with Gasteiger partial charge in [0.2, 0.25) is 0 Å². The fraction of sp³-hybridized carbons (Fsp3) is 0.636. The number of carboxylic acid groups (broad SMARTS) is 1. The molecular formula is C11H17NO4. The van der Waals surface area contributed by atoms with Crippen molar-refractivity contribution in [1.29, 1.82) is 0 Å². The summed E-state index contributed by atoms with van der Waals surface area (Å²) in [7, 11) is 0. The predicted octanol–water partition coefficient (Wildman–Crippen LogP) is 1.54. The third kappa shape index (κ3) is 2.53. The molecule has 1 saturated carbocycles. The minimum Gasteiger partial charge on any atom is -0.479 e. The Labute approximate surface area is 94.5 Å². The number of unbranched alkanes of at least 4 members (excludes halogenated alkanes) is 1. The monoisotopic (exact) mass is 227 g/mol. The third-order valence-electron chi connectivity index (χ3n) is 2.74. The largest absolute Gasteiger partial charge is 0.479 e. The highest BCUT2D eigenvalue weighted by atomic mass is 16.5. The van der Waals surface area contributed by atoms with Gasteiger partial charge in [0, 0.05) is 5.92 Å². The molecule has 0 saturated heterocycles. The second-order valence-corrected chi connectivity index (χ2v) is 3.94. The van der Waals surface area contributed by atoms with E-state index in [1.807, 2.05) is 6.92 Å². The first-order chi connectivity index (χ1) is 7.56. The standard InChI is InChI=1S/C11H17NO4/c1-3-5-6-16-10(15)12-11(9(13)14)7-8(11)4-2/h4,8H,2-3,5-7H2,1H3,(H,12,15)(H,13,14)/t8-,11-/m1/s1. The van der Waals surface area contributed by atoms with Crippen molar-refractivity contribution in [3.63, 3.8) is 0 Å². The molecule has 1 fully saturated rings. The van der Waals surface area contributed by atoms with Gasteiger partial charge in [-0.25, -0.2) is 9.59 Å². The average Bonchev–Trinajstić information content (AvgIpc) is 2.93. The van der Waals surface area contributed by atoms with Gasteiger partial charge >= 0.3 is 12.1 Å². The van der Waals surface area contributed by atoms with Crippen LogP contribution in [0.1, 0.15) is 26.2 Å². The van der Waals surface area contributed by atoms with Gasteiger partial charge in [-0.15, -0.1) is 6.58 Å². The quantitative estimate of drug-likeness (QED) is 0.533. The Bertz CT molecular complexity index is 302. The van der Waals surface area contributed by atoms with Crippen molar-refractivity contribution in [1.82, 2.24) is 5.32 Å². The van der Waals surface area contributed by atoms with E-state index in [-0.39, 0.29) is 5.92 Å². The van der Waals surface area contributed by atoms with E-state index in [1.165, 1.54) is 0 Å². The number of carbonyl (C=O) groups is 2. The fourth-order valence-electron chi connectivity index (χ4n) is 1.54. The van der Waals surface area contributed by atoms with Crippen molar-refractivity contribution in [2.45, 2.75) is 31.7 Å². The first-order valence-electron chi connectivity index (χ1n) is 5.37. The van der Waals surface area contributed by atoms with Gasteiger partial charge in [-0.05, 0) is 12.8 Å². The molecule has 0 aromatic carbocycles. The zero-order valence-corrected chi connectivity index (χ0v) is 9.36. The lowest BCUT2D eigenvalue weighted by Crippen LogP contribution is -2.45. The minimum atomic E-state index is -1.19. The molecule has 1 aliphatic rings. The van der Waals surface area contributed by atoms with Gasteiger partial charge < -0.3 is 15.2 Å². The highest BCUT2D eigenvalue weighted by Gasteiger charge is 2.60. The highest BCUT2D eigenvalue weighted by Crippen LogP contribution is 2.44. The number of rotatable bonds is 6. The van der Waals surface area contributed by atoms with E-state index in [1.54, 1.807) is 6.08 Å². The number of amides is 1. The second kappa shape index (κ2) is 5.01. The molecule has 0 aromatic heterocycles. The van der Waals surface area contributed by atoms with E-state index >= 15 is 0 Å². The Kier molecular flexibility index (Phi) is 3.93. The fourth-order valence-corrected chi connectivity index (χ4v) is 1.54. The number of ether oxygens (including phenoxy) is 1. The lowest BCUT2D eigenvalue weighted by Gasteiger charge is -2.13. The molecule has 2 atom stereocenters. The van der Waals surface area contributed by atoms with E-state index < -0.39 is 17.6 Å². The van der Waals surface area contributed by atoms with Gasteiger partial charge in [0.05, 0.1) is 6.61 Å². The normalized spacial score (nSPS) is 26.9. The average molecular weight is 227 g/mol. The molecule has 0 bridgehead atoms. The Morgan fingerprint density at radius 1 is 1.69 bits per heavy atom. The summed E-state index contributed by atoms with van der Waals surface area (Å²) in [6.07, 6.45) is 2.96. The predicted molar refractivity (Wildman–Crippen MR) is 58.1 cm³/mol. The number of hydrogen-bond donors (Lipinski definition) is 2. The van der Waals surface area contributed by atoms with Crippen LogP contribution in [0, 0.1) is 5.92 Å². The summed E-state index contributed by atoms with van der Waals surface area (Å²) < 4.78 is 4.85. The topological polar surface area (TPSA) is 75.6 Å². The molecule has 0 aliphatic heterocycles.